The van der Waals surface area contributed by atoms with Gasteiger partial charge in [-0.3, -0.25) is 0 Å². The minimum atomic E-state index is 0.855. The average molecular weight is 370 g/mol. The Balaban J connectivity index is 1.64. The van der Waals surface area contributed by atoms with Crippen molar-refractivity contribution < 1.29 is 4.74 Å². The van der Waals surface area contributed by atoms with E-state index >= 15 is 0 Å². The Hall–Kier alpha value is -2.50. The number of hydrogen-bond donors (Lipinski definition) is 0. The third kappa shape index (κ3) is 4.81. The number of rotatable bonds is 8. The number of methoxy groups -OCH3 is 1. The molecule has 0 aliphatic carbocycles. The van der Waals surface area contributed by atoms with Crippen LogP contribution in [0.3, 0.4) is 0 Å². The van der Waals surface area contributed by atoms with Gasteiger partial charge in [0.05, 0.1) is 7.11 Å². The molecule has 3 rings (SSSR count). The Bertz CT molecular complexity index is 692. The van der Waals surface area contributed by atoms with Crippen molar-refractivity contribution in [3.63, 3.8) is 0 Å². The summed E-state index contributed by atoms with van der Waals surface area (Å²) in [4.78, 5) is 16.4. The number of aromatic nitrogens is 2. The zero-order valence-electron chi connectivity index (χ0n) is 16.8. The van der Waals surface area contributed by atoms with E-state index in [-0.39, 0.29) is 0 Å². The van der Waals surface area contributed by atoms with Crippen molar-refractivity contribution >= 4 is 17.5 Å². The fourth-order valence-corrected chi connectivity index (χ4v) is 3.51. The molecule has 27 heavy (non-hydrogen) atoms. The highest BCUT2D eigenvalue weighted by atomic mass is 16.5. The highest BCUT2D eigenvalue weighted by Crippen LogP contribution is 2.22. The standard InChI is InChI=1S/C21H31N5O/c1-4-12-26(13-5-2)21-22-11-10-20(23-21)25-16-14-24(15-17-25)18-6-8-19(27-3)9-7-18/h6-11H,4-5,12-17H2,1-3H3. The summed E-state index contributed by atoms with van der Waals surface area (Å²) in [6.45, 7) is 10.3. The monoisotopic (exact) mass is 369 g/mol. The van der Waals surface area contributed by atoms with E-state index in [1.54, 1.807) is 7.11 Å². The molecular weight excluding hydrogens is 338 g/mol. The van der Waals surface area contributed by atoms with Crippen LogP contribution < -0.4 is 19.4 Å². The van der Waals surface area contributed by atoms with Crippen LogP contribution in [0, 0.1) is 0 Å². The molecule has 146 valence electrons. The lowest BCUT2D eigenvalue weighted by Gasteiger charge is -2.37. The Morgan fingerprint density at radius 2 is 1.56 bits per heavy atom. The maximum absolute atomic E-state index is 5.25. The summed E-state index contributed by atoms with van der Waals surface area (Å²) in [5, 5.41) is 0. The van der Waals surface area contributed by atoms with Crippen LogP contribution in [0.15, 0.2) is 36.5 Å². The van der Waals surface area contributed by atoms with E-state index in [1.165, 1.54) is 5.69 Å². The Labute approximate surface area is 162 Å². The minimum Gasteiger partial charge on any atom is -0.497 e. The summed E-state index contributed by atoms with van der Waals surface area (Å²) in [5.74, 6) is 2.79. The average Bonchev–Trinajstić information content (AvgIpc) is 2.74. The lowest BCUT2D eigenvalue weighted by atomic mass is 10.2. The van der Waals surface area contributed by atoms with E-state index in [1.807, 2.05) is 24.4 Å². The first-order valence-electron chi connectivity index (χ1n) is 9.97. The third-order valence-corrected chi connectivity index (χ3v) is 4.94. The van der Waals surface area contributed by atoms with E-state index in [0.717, 1.165) is 69.6 Å². The zero-order chi connectivity index (χ0) is 19.1. The molecule has 0 atom stereocenters. The van der Waals surface area contributed by atoms with Crippen molar-refractivity contribution in [3.05, 3.63) is 36.5 Å². The van der Waals surface area contributed by atoms with Gasteiger partial charge in [-0.25, -0.2) is 4.98 Å². The van der Waals surface area contributed by atoms with Crippen LogP contribution in [0.25, 0.3) is 0 Å². The van der Waals surface area contributed by atoms with E-state index in [2.05, 4.69) is 45.7 Å². The second-order valence-electron chi connectivity index (χ2n) is 6.87. The topological polar surface area (TPSA) is 44.7 Å². The molecule has 0 bridgehead atoms. The highest BCUT2D eigenvalue weighted by Gasteiger charge is 2.19. The molecule has 1 aromatic carbocycles. The van der Waals surface area contributed by atoms with Gasteiger partial charge in [0.1, 0.15) is 11.6 Å². The molecule has 0 N–H and O–H groups in total. The van der Waals surface area contributed by atoms with Crippen LogP contribution in [0.2, 0.25) is 0 Å². The first-order valence-corrected chi connectivity index (χ1v) is 9.97. The van der Waals surface area contributed by atoms with E-state index < -0.39 is 0 Å². The van der Waals surface area contributed by atoms with Gasteiger partial charge in [0.25, 0.3) is 0 Å². The number of nitrogens with zero attached hydrogens (tertiary/aromatic N) is 5. The van der Waals surface area contributed by atoms with Crippen molar-refractivity contribution in [2.24, 2.45) is 0 Å². The van der Waals surface area contributed by atoms with Crippen molar-refractivity contribution in [2.45, 2.75) is 26.7 Å². The maximum atomic E-state index is 5.25. The van der Waals surface area contributed by atoms with E-state index in [4.69, 9.17) is 9.72 Å². The van der Waals surface area contributed by atoms with Crippen molar-refractivity contribution in [1.29, 1.82) is 0 Å². The lowest BCUT2D eigenvalue weighted by molar-refractivity contribution is 0.415. The summed E-state index contributed by atoms with van der Waals surface area (Å²) in [6, 6.07) is 10.3. The van der Waals surface area contributed by atoms with E-state index in [0.29, 0.717) is 0 Å². The molecule has 0 radical (unpaired) electrons. The molecule has 1 aliphatic rings. The molecule has 0 amide bonds. The molecule has 6 heteroatoms. The summed E-state index contributed by atoms with van der Waals surface area (Å²) < 4.78 is 5.25. The van der Waals surface area contributed by atoms with Gasteiger partial charge in [0, 0.05) is 51.2 Å². The molecule has 0 saturated carbocycles. The molecular formula is C21H31N5O. The Morgan fingerprint density at radius 3 is 2.15 bits per heavy atom. The fraction of sp³-hybridized carbons (Fsp3) is 0.524. The zero-order valence-corrected chi connectivity index (χ0v) is 16.8. The first-order chi connectivity index (χ1) is 13.2. The summed E-state index contributed by atoms with van der Waals surface area (Å²) in [6.07, 6.45) is 4.11. The molecule has 1 fully saturated rings. The predicted octanol–water partition coefficient (Wildman–Crippen LogP) is 3.44. The number of piperazine rings is 1. The SMILES string of the molecule is CCCN(CCC)c1nccc(N2CCN(c3ccc(OC)cc3)CC2)n1. The molecule has 1 aliphatic heterocycles. The van der Waals surface area contributed by atoms with Crippen molar-refractivity contribution in [3.8, 4) is 5.75 Å². The number of ether oxygens (including phenoxy) is 1. The molecule has 2 aromatic rings. The van der Waals surface area contributed by atoms with Gasteiger partial charge in [-0.05, 0) is 43.2 Å². The van der Waals surface area contributed by atoms with Crippen molar-refractivity contribution in [1.82, 2.24) is 9.97 Å². The minimum absolute atomic E-state index is 0.855. The molecule has 0 spiro atoms. The summed E-state index contributed by atoms with van der Waals surface area (Å²) >= 11 is 0. The van der Waals surface area contributed by atoms with Crippen LogP contribution in [-0.2, 0) is 0 Å². The maximum Gasteiger partial charge on any atom is 0.227 e. The van der Waals surface area contributed by atoms with Crippen LogP contribution in [0.4, 0.5) is 17.5 Å². The molecule has 1 aromatic heterocycles. The normalized spacial score (nSPS) is 14.3. The van der Waals surface area contributed by atoms with Gasteiger partial charge in [-0.15, -0.1) is 0 Å². The van der Waals surface area contributed by atoms with E-state index in [9.17, 15) is 0 Å². The van der Waals surface area contributed by atoms with Crippen LogP contribution >= 0.6 is 0 Å². The van der Waals surface area contributed by atoms with Crippen molar-refractivity contribution in [2.75, 3.05) is 61.1 Å². The number of hydrogen-bond acceptors (Lipinski definition) is 6. The molecule has 0 unspecified atom stereocenters. The summed E-state index contributed by atoms with van der Waals surface area (Å²) in [5.41, 5.74) is 1.25. The van der Waals surface area contributed by atoms with Gasteiger partial charge < -0.3 is 19.4 Å². The number of anilines is 3. The Kier molecular flexibility index (Phi) is 6.74. The van der Waals surface area contributed by atoms with Gasteiger partial charge >= 0.3 is 0 Å². The van der Waals surface area contributed by atoms with Gasteiger partial charge in [0.2, 0.25) is 5.95 Å². The van der Waals surface area contributed by atoms with Crippen LogP contribution in [0.1, 0.15) is 26.7 Å². The van der Waals surface area contributed by atoms with Gasteiger partial charge in [0.15, 0.2) is 0 Å². The smallest absolute Gasteiger partial charge is 0.227 e. The highest BCUT2D eigenvalue weighted by molar-refractivity contribution is 5.52. The molecule has 2 heterocycles. The Morgan fingerprint density at radius 1 is 0.926 bits per heavy atom. The number of benzene rings is 1. The third-order valence-electron chi connectivity index (χ3n) is 4.94. The summed E-state index contributed by atoms with van der Waals surface area (Å²) in [7, 11) is 1.70. The first kappa shape index (κ1) is 19.3. The second kappa shape index (κ2) is 9.44. The predicted molar refractivity (Wildman–Crippen MR) is 112 cm³/mol. The van der Waals surface area contributed by atoms with Gasteiger partial charge in [-0.2, -0.15) is 4.98 Å². The molecule has 1 saturated heterocycles. The largest absolute Gasteiger partial charge is 0.497 e. The fourth-order valence-electron chi connectivity index (χ4n) is 3.51. The van der Waals surface area contributed by atoms with Crippen LogP contribution in [-0.4, -0.2) is 56.3 Å². The molecule has 6 nitrogen and oxygen atoms in total. The quantitative estimate of drug-likeness (QED) is 0.710. The lowest BCUT2D eigenvalue weighted by Crippen LogP contribution is -2.47. The van der Waals surface area contributed by atoms with Gasteiger partial charge in [-0.1, -0.05) is 13.8 Å². The second-order valence-corrected chi connectivity index (χ2v) is 6.87. The van der Waals surface area contributed by atoms with Crippen LogP contribution in [0.5, 0.6) is 5.75 Å².